The molecule has 1 aliphatic heterocycles. The predicted molar refractivity (Wildman–Crippen MR) is 109 cm³/mol. The van der Waals surface area contributed by atoms with Crippen LogP contribution in [0.4, 0.5) is 0 Å². The summed E-state index contributed by atoms with van der Waals surface area (Å²) in [6.45, 7) is 7.62. The highest BCUT2D eigenvalue weighted by Crippen LogP contribution is 2.24. The van der Waals surface area contributed by atoms with Crippen LogP contribution in [0.3, 0.4) is 0 Å². The molecule has 0 radical (unpaired) electrons. The maximum atomic E-state index is 5.87. The maximum Gasteiger partial charge on any atom is 0.191 e. The van der Waals surface area contributed by atoms with Crippen molar-refractivity contribution in [2.24, 2.45) is 0 Å². The largest absolute Gasteiger partial charge is 0.376 e. The van der Waals surface area contributed by atoms with Gasteiger partial charge in [0.25, 0.3) is 0 Å². The Hall–Kier alpha value is -1.70. The number of rotatable bonds is 9. The molecule has 146 valence electrons. The Balaban J connectivity index is 1.72. The Labute approximate surface area is 166 Å². The lowest BCUT2D eigenvalue weighted by Gasteiger charge is -2.19. The van der Waals surface area contributed by atoms with Crippen LogP contribution in [0.15, 0.2) is 41.2 Å². The minimum atomic E-state index is 0.261. The average molecular weight is 388 g/mol. The van der Waals surface area contributed by atoms with Crippen LogP contribution in [0, 0.1) is 0 Å². The van der Waals surface area contributed by atoms with Crippen LogP contribution in [-0.2, 0) is 23.6 Å². The lowest BCUT2D eigenvalue weighted by molar-refractivity contribution is 0.0935. The van der Waals surface area contributed by atoms with Crippen LogP contribution >= 0.6 is 11.8 Å². The van der Waals surface area contributed by atoms with Crippen molar-refractivity contribution in [1.82, 2.24) is 24.6 Å². The zero-order valence-corrected chi connectivity index (χ0v) is 17.3. The van der Waals surface area contributed by atoms with Crippen molar-refractivity contribution >= 4 is 11.8 Å². The number of allylic oxidation sites excluding steroid dienone is 1. The third-order valence-corrected chi connectivity index (χ3v) is 5.70. The van der Waals surface area contributed by atoms with Crippen molar-refractivity contribution in [1.29, 1.82) is 0 Å². The fourth-order valence-electron chi connectivity index (χ4n) is 3.15. The van der Waals surface area contributed by atoms with Gasteiger partial charge in [-0.25, -0.2) is 0 Å². The van der Waals surface area contributed by atoms with Gasteiger partial charge in [0.15, 0.2) is 5.16 Å². The molecule has 1 aliphatic rings. The van der Waals surface area contributed by atoms with E-state index in [1.54, 1.807) is 11.8 Å². The summed E-state index contributed by atoms with van der Waals surface area (Å²) in [6.07, 6.45) is 6.49. The Bertz CT molecular complexity index is 740. The monoisotopic (exact) mass is 387 g/mol. The zero-order chi connectivity index (χ0) is 19.1. The molecule has 0 bridgehead atoms. The summed E-state index contributed by atoms with van der Waals surface area (Å²) >= 11 is 1.69. The van der Waals surface area contributed by atoms with Gasteiger partial charge in [-0.05, 0) is 45.9 Å². The molecule has 0 N–H and O–H groups in total. The smallest absolute Gasteiger partial charge is 0.191 e. The van der Waals surface area contributed by atoms with E-state index >= 15 is 0 Å². The van der Waals surface area contributed by atoms with E-state index in [9.17, 15) is 0 Å². The third-order valence-electron chi connectivity index (χ3n) is 4.70. The number of hydrogen-bond acceptors (Lipinski definition) is 6. The second-order valence-corrected chi connectivity index (χ2v) is 8.00. The molecule has 0 saturated carbocycles. The van der Waals surface area contributed by atoms with Gasteiger partial charge in [0.05, 0.1) is 24.9 Å². The van der Waals surface area contributed by atoms with Crippen LogP contribution < -0.4 is 0 Å². The van der Waals surface area contributed by atoms with Crippen LogP contribution in [0.1, 0.15) is 38.2 Å². The van der Waals surface area contributed by atoms with Crippen molar-refractivity contribution < 1.29 is 4.74 Å². The summed E-state index contributed by atoms with van der Waals surface area (Å²) in [6, 6.07) is 6.00. The summed E-state index contributed by atoms with van der Waals surface area (Å²) < 4.78 is 8.11. The van der Waals surface area contributed by atoms with Gasteiger partial charge >= 0.3 is 0 Å². The van der Waals surface area contributed by atoms with Gasteiger partial charge in [0.1, 0.15) is 5.82 Å². The molecule has 1 unspecified atom stereocenters. The molecule has 0 amide bonds. The van der Waals surface area contributed by atoms with Crippen molar-refractivity contribution in [3.8, 4) is 0 Å². The van der Waals surface area contributed by atoms with E-state index in [0.29, 0.717) is 0 Å². The topological polar surface area (TPSA) is 56.1 Å². The lowest BCUT2D eigenvalue weighted by atomic mass is 10.2. The van der Waals surface area contributed by atoms with Gasteiger partial charge in [0, 0.05) is 25.1 Å². The Kier molecular flexibility index (Phi) is 7.43. The molecule has 7 heteroatoms. The van der Waals surface area contributed by atoms with Crippen molar-refractivity contribution in [3.05, 3.63) is 47.6 Å². The highest BCUT2D eigenvalue weighted by Gasteiger charge is 2.21. The molecule has 1 fully saturated rings. The van der Waals surface area contributed by atoms with Gasteiger partial charge in [-0.1, -0.05) is 29.5 Å². The first-order valence-corrected chi connectivity index (χ1v) is 10.5. The number of aromatic nitrogens is 4. The van der Waals surface area contributed by atoms with E-state index in [1.165, 1.54) is 5.57 Å². The van der Waals surface area contributed by atoms with E-state index < -0.39 is 0 Å². The molecular weight excluding hydrogens is 358 g/mol. The van der Waals surface area contributed by atoms with Crippen LogP contribution in [0.25, 0.3) is 0 Å². The second kappa shape index (κ2) is 10.0. The van der Waals surface area contributed by atoms with Gasteiger partial charge in [-0.3, -0.25) is 9.88 Å². The van der Waals surface area contributed by atoms with Crippen LogP contribution in [0.5, 0.6) is 0 Å². The Morgan fingerprint density at radius 3 is 3.00 bits per heavy atom. The van der Waals surface area contributed by atoms with E-state index in [0.717, 1.165) is 61.5 Å². The molecule has 0 aliphatic carbocycles. The van der Waals surface area contributed by atoms with Crippen LogP contribution in [-0.4, -0.2) is 51.0 Å². The van der Waals surface area contributed by atoms with Gasteiger partial charge in [-0.15, -0.1) is 10.2 Å². The van der Waals surface area contributed by atoms with Crippen molar-refractivity contribution in [3.63, 3.8) is 0 Å². The molecule has 2 aromatic heterocycles. The fraction of sp³-hybridized carbons (Fsp3) is 0.550. The SMILES string of the molecule is C/C=C(\C)CN(C)Cc1nnc(SCc2ccccn2)n1CC1CCCO1. The predicted octanol–water partition coefficient (Wildman–Crippen LogP) is 3.54. The van der Waals surface area contributed by atoms with Gasteiger partial charge in [-0.2, -0.15) is 0 Å². The first-order valence-electron chi connectivity index (χ1n) is 9.52. The number of likely N-dealkylation sites (N-methyl/N-ethyl adjacent to an activating group) is 1. The molecule has 1 atom stereocenters. The number of thioether (sulfide) groups is 1. The van der Waals surface area contributed by atoms with E-state index in [-0.39, 0.29) is 6.10 Å². The molecule has 27 heavy (non-hydrogen) atoms. The molecule has 6 nitrogen and oxygen atoms in total. The molecule has 2 aromatic rings. The van der Waals surface area contributed by atoms with E-state index in [4.69, 9.17) is 4.74 Å². The summed E-state index contributed by atoms with van der Waals surface area (Å²) in [5.41, 5.74) is 2.41. The first-order chi connectivity index (χ1) is 13.2. The van der Waals surface area contributed by atoms with Gasteiger partial charge in [0.2, 0.25) is 0 Å². The normalized spacial score (nSPS) is 17.8. The number of nitrogens with zero attached hydrogens (tertiary/aromatic N) is 5. The summed E-state index contributed by atoms with van der Waals surface area (Å²) in [7, 11) is 2.12. The average Bonchev–Trinajstić information content (AvgIpc) is 3.32. The van der Waals surface area contributed by atoms with Crippen molar-refractivity contribution in [2.75, 3.05) is 20.2 Å². The van der Waals surface area contributed by atoms with E-state index in [2.05, 4.69) is 51.6 Å². The minimum Gasteiger partial charge on any atom is -0.376 e. The molecular formula is C20H29N5OS. The Morgan fingerprint density at radius 2 is 2.30 bits per heavy atom. The molecule has 3 rings (SSSR count). The molecule has 0 aromatic carbocycles. The summed E-state index contributed by atoms with van der Waals surface area (Å²) in [5.74, 6) is 1.79. The fourth-order valence-corrected chi connectivity index (χ4v) is 4.04. The van der Waals surface area contributed by atoms with Gasteiger partial charge < -0.3 is 9.30 Å². The number of hydrogen-bond donors (Lipinski definition) is 0. The molecule has 1 saturated heterocycles. The standard InChI is InChI=1S/C20H29N5OS/c1-4-16(2)12-24(3)14-19-22-23-20(25(19)13-18-9-7-11-26-18)27-15-17-8-5-6-10-21-17/h4-6,8,10,18H,7,9,11-15H2,1-3H3/b16-4+. The van der Waals surface area contributed by atoms with Crippen molar-refractivity contribution in [2.45, 2.75) is 56.8 Å². The van der Waals surface area contributed by atoms with Crippen LogP contribution in [0.2, 0.25) is 0 Å². The number of ether oxygens (including phenoxy) is 1. The lowest BCUT2D eigenvalue weighted by Crippen LogP contribution is -2.24. The highest BCUT2D eigenvalue weighted by atomic mass is 32.2. The summed E-state index contributed by atoms with van der Waals surface area (Å²) in [4.78, 5) is 6.68. The zero-order valence-electron chi connectivity index (χ0n) is 16.5. The molecule has 3 heterocycles. The minimum absolute atomic E-state index is 0.261. The summed E-state index contributed by atoms with van der Waals surface area (Å²) in [5, 5.41) is 9.92. The van der Waals surface area contributed by atoms with E-state index in [1.807, 2.05) is 24.4 Å². The maximum absolute atomic E-state index is 5.87. The number of pyridine rings is 1. The highest BCUT2D eigenvalue weighted by molar-refractivity contribution is 7.98. The quantitative estimate of drug-likeness (QED) is 0.484. The Morgan fingerprint density at radius 1 is 1.41 bits per heavy atom. The molecule has 0 spiro atoms. The first kappa shape index (κ1) is 20.0. The second-order valence-electron chi connectivity index (χ2n) is 7.06. The third kappa shape index (κ3) is 5.89.